The van der Waals surface area contributed by atoms with E-state index in [1.165, 1.54) is 0 Å². The molecule has 0 aliphatic carbocycles. The van der Waals surface area contributed by atoms with Crippen molar-refractivity contribution in [3.05, 3.63) is 89.7 Å². The number of benzene rings is 3. The molecule has 1 heterocycles. The minimum absolute atomic E-state index is 0.317. The maximum Gasteiger partial charge on any atom is 0.157 e. The monoisotopic (exact) mass is 333 g/mol. The van der Waals surface area contributed by atoms with Crippen LogP contribution in [0.25, 0.3) is 33.3 Å². The van der Waals surface area contributed by atoms with E-state index in [1.54, 1.807) is 24.3 Å². The lowest BCUT2D eigenvalue weighted by atomic mass is 9.97. The van der Waals surface area contributed by atoms with Gasteiger partial charge in [-0.15, -0.1) is 0 Å². The molecule has 0 aliphatic heterocycles. The van der Waals surface area contributed by atoms with Crippen molar-refractivity contribution in [1.29, 1.82) is 0 Å². The summed E-state index contributed by atoms with van der Waals surface area (Å²) >= 11 is 5.95. The van der Waals surface area contributed by atoms with E-state index in [0.29, 0.717) is 21.8 Å². The van der Waals surface area contributed by atoms with Crippen LogP contribution >= 0.6 is 11.6 Å². The molecule has 24 heavy (non-hydrogen) atoms. The molecule has 1 nitrogen and oxygen atoms in total. The summed E-state index contributed by atoms with van der Waals surface area (Å²) in [6.07, 6.45) is 0. The molecule has 4 rings (SSSR count). The highest BCUT2D eigenvalue weighted by Gasteiger charge is 2.17. The summed E-state index contributed by atoms with van der Waals surface area (Å²) in [6.45, 7) is 0. The van der Waals surface area contributed by atoms with E-state index in [-0.39, 0.29) is 5.82 Å². The molecule has 0 fully saturated rings. The zero-order valence-electron chi connectivity index (χ0n) is 12.7. The molecule has 116 valence electrons. The number of halogens is 2. The highest BCUT2D eigenvalue weighted by Crippen LogP contribution is 2.35. The van der Waals surface area contributed by atoms with Gasteiger partial charge in [0, 0.05) is 21.5 Å². The number of hydrogen-bond donors (Lipinski definition) is 0. The van der Waals surface area contributed by atoms with E-state index in [9.17, 15) is 0 Å². The number of rotatable bonds is 2. The molecule has 3 heteroatoms. The third kappa shape index (κ3) is 2.55. The average Bonchev–Trinajstić information content (AvgIpc) is 2.63. The van der Waals surface area contributed by atoms with Crippen LogP contribution in [0.15, 0.2) is 78.9 Å². The molecule has 0 N–H and O–H groups in total. The molecule has 4 aromatic rings. The minimum atomic E-state index is -0.317. The van der Waals surface area contributed by atoms with Gasteiger partial charge in [0.2, 0.25) is 0 Å². The van der Waals surface area contributed by atoms with Gasteiger partial charge in [0.1, 0.15) is 5.69 Å². The van der Waals surface area contributed by atoms with Crippen molar-refractivity contribution in [1.82, 2.24) is 4.98 Å². The number of nitrogens with zero attached hydrogens (tertiary/aromatic N) is 1. The lowest BCUT2D eigenvalue weighted by molar-refractivity contribution is 0.631. The number of para-hydroxylation sites is 1. The smallest absolute Gasteiger partial charge is 0.157 e. The number of aromatic nitrogens is 1. The Morgan fingerprint density at radius 1 is 0.708 bits per heavy atom. The van der Waals surface area contributed by atoms with Gasteiger partial charge in [-0.1, -0.05) is 72.3 Å². The number of pyridine rings is 1. The third-order valence-electron chi connectivity index (χ3n) is 4.01. The Labute approximate surface area is 144 Å². The minimum Gasteiger partial charge on any atom is -0.245 e. The van der Waals surface area contributed by atoms with Gasteiger partial charge in [0.25, 0.3) is 0 Å². The molecule has 3 aromatic carbocycles. The lowest BCUT2D eigenvalue weighted by Gasteiger charge is -2.12. The van der Waals surface area contributed by atoms with Gasteiger partial charge in [-0.2, -0.15) is 0 Å². The largest absolute Gasteiger partial charge is 0.245 e. The molecule has 0 atom stereocenters. The van der Waals surface area contributed by atoms with Gasteiger partial charge in [-0.05, 0) is 23.8 Å². The van der Waals surface area contributed by atoms with E-state index >= 15 is 4.39 Å². The first kappa shape index (κ1) is 14.9. The summed E-state index contributed by atoms with van der Waals surface area (Å²) in [6, 6.07) is 24.3. The van der Waals surface area contributed by atoms with Crippen molar-refractivity contribution in [3.8, 4) is 22.4 Å². The first-order chi connectivity index (χ1) is 11.7. The van der Waals surface area contributed by atoms with Gasteiger partial charge in [-0.3, -0.25) is 0 Å². The SMILES string of the molecule is Fc1c(-c2ccc(Cl)cc2)nc2ccccc2c1-c1ccccc1. The molecular formula is C21H13ClFN. The van der Waals surface area contributed by atoms with Crippen LogP contribution in [0.1, 0.15) is 0 Å². The second kappa shape index (κ2) is 6.06. The molecule has 0 radical (unpaired) electrons. The Balaban J connectivity index is 2.06. The topological polar surface area (TPSA) is 12.9 Å². The fourth-order valence-electron chi connectivity index (χ4n) is 2.87. The Hall–Kier alpha value is -2.71. The first-order valence-electron chi connectivity index (χ1n) is 7.63. The van der Waals surface area contributed by atoms with Crippen LogP contribution < -0.4 is 0 Å². The van der Waals surface area contributed by atoms with Crippen LogP contribution in [0.5, 0.6) is 0 Å². The van der Waals surface area contributed by atoms with Crippen molar-refractivity contribution in [2.24, 2.45) is 0 Å². The molecule has 0 spiro atoms. The first-order valence-corrected chi connectivity index (χ1v) is 8.01. The second-order valence-corrected chi connectivity index (χ2v) is 5.98. The highest BCUT2D eigenvalue weighted by atomic mass is 35.5. The highest BCUT2D eigenvalue weighted by molar-refractivity contribution is 6.30. The Bertz CT molecular complexity index is 1010. The summed E-state index contributed by atoms with van der Waals surface area (Å²) in [4.78, 5) is 4.54. The molecule has 0 amide bonds. The fourth-order valence-corrected chi connectivity index (χ4v) is 3.00. The van der Waals surface area contributed by atoms with Crippen molar-refractivity contribution < 1.29 is 4.39 Å². The van der Waals surface area contributed by atoms with E-state index < -0.39 is 0 Å². The lowest BCUT2D eigenvalue weighted by Crippen LogP contribution is -1.96. The molecular weight excluding hydrogens is 321 g/mol. The van der Waals surface area contributed by atoms with Crippen molar-refractivity contribution in [2.45, 2.75) is 0 Å². The Morgan fingerprint density at radius 3 is 2.12 bits per heavy atom. The van der Waals surface area contributed by atoms with Crippen molar-refractivity contribution in [3.63, 3.8) is 0 Å². The number of hydrogen-bond acceptors (Lipinski definition) is 1. The summed E-state index contributed by atoms with van der Waals surface area (Å²) in [7, 11) is 0. The Kier molecular flexibility index (Phi) is 3.75. The second-order valence-electron chi connectivity index (χ2n) is 5.54. The molecule has 0 bridgehead atoms. The Morgan fingerprint density at radius 2 is 1.38 bits per heavy atom. The molecule has 0 unspecified atom stereocenters. The van der Waals surface area contributed by atoms with Gasteiger partial charge < -0.3 is 0 Å². The summed E-state index contributed by atoms with van der Waals surface area (Å²) < 4.78 is 15.4. The zero-order valence-corrected chi connectivity index (χ0v) is 13.5. The van der Waals surface area contributed by atoms with Crippen LogP contribution in [-0.4, -0.2) is 4.98 Å². The van der Waals surface area contributed by atoms with E-state index in [1.807, 2.05) is 54.6 Å². The maximum absolute atomic E-state index is 15.4. The van der Waals surface area contributed by atoms with Crippen LogP contribution in [0.3, 0.4) is 0 Å². The van der Waals surface area contributed by atoms with Crippen molar-refractivity contribution in [2.75, 3.05) is 0 Å². The van der Waals surface area contributed by atoms with Crippen molar-refractivity contribution >= 4 is 22.5 Å². The zero-order chi connectivity index (χ0) is 16.5. The van der Waals surface area contributed by atoms with Gasteiger partial charge >= 0.3 is 0 Å². The van der Waals surface area contributed by atoms with Crippen LogP contribution in [0.2, 0.25) is 5.02 Å². The average molecular weight is 334 g/mol. The molecule has 0 saturated carbocycles. The van der Waals surface area contributed by atoms with Crippen LogP contribution in [-0.2, 0) is 0 Å². The maximum atomic E-state index is 15.4. The molecule has 0 saturated heterocycles. The van der Waals surface area contributed by atoms with E-state index in [2.05, 4.69) is 4.98 Å². The van der Waals surface area contributed by atoms with Crippen LogP contribution in [0, 0.1) is 5.82 Å². The predicted molar refractivity (Wildman–Crippen MR) is 97.6 cm³/mol. The van der Waals surface area contributed by atoms with Gasteiger partial charge in [0.05, 0.1) is 5.52 Å². The van der Waals surface area contributed by atoms with Gasteiger partial charge in [-0.25, -0.2) is 9.37 Å². The summed E-state index contributed by atoms with van der Waals surface area (Å²) in [5.41, 5.74) is 3.22. The normalized spacial score (nSPS) is 10.9. The summed E-state index contributed by atoms with van der Waals surface area (Å²) in [5, 5.41) is 1.42. The summed E-state index contributed by atoms with van der Waals surface area (Å²) in [5.74, 6) is -0.317. The predicted octanol–water partition coefficient (Wildman–Crippen LogP) is 6.36. The van der Waals surface area contributed by atoms with E-state index in [4.69, 9.17) is 11.6 Å². The van der Waals surface area contributed by atoms with E-state index in [0.717, 1.165) is 16.5 Å². The fraction of sp³-hybridized carbons (Fsp3) is 0. The molecule has 0 aliphatic rings. The third-order valence-corrected chi connectivity index (χ3v) is 4.27. The van der Waals surface area contributed by atoms with Gasteiger partial charge in [0.15, 0.2) is 5.82 Å². The number of fused-ring (bicyclic) bond motifs is 1. The van der Waals surface area contributed by atoms with Crippen LogP contribution in [0.4, 0.5) is 4.39 Å². The molecule has 1 aromatic heterocycles. The standard InChI is InChI=1S/C21H13ClFN/c22-16-12-10-15(11-13-16)21-20(23)19(14-6-2-1-3-7-14)17-8-4-5-9-18(17)24-21/h1-13H. The quantitative estimate of drug-likeness (QED) is 0.416.